The minimum atomic E-state index is -0.0840. The van der Waals surface area contributed by atoms with Crippen LogP contribution in [0, 0.1) is 19.8 Å². The van der Waals surface area contributed by atoms with Gasteiger partial charge in [-0.3, -0.25) is 9.59 Å². The molecule has 1 aliphatic heterocycles. The summed E-state index contributed by atoms with van der Waals surface area (Å²) in [5, 5.41) is 0. The molecule has 4 heteroatoms. The molecule has 144 valence electrons. The van der Waals surface area contributed by atoms with Crippen molar-refractivity contribution in [2.45, 2.75) is 53.0 Å². The molecule has 1 aromatic carbocycles. The summed E-state index contributed by atoms with van der Waals surface area (Å²) in [6, 6.07) is 10.6. The van der Waals surface area contributed by atoms with E-state index in [1.165, 1.54) is 10.5 Å². The first kappa shape index (κ1) is 19.6. The number of ketones is 2. The van der Waals surface area contributed by atoms with Gasteiger partial charge in [0.05, 0.1) is 18.8 Å². The van der Waals surface area contributed by atoms with Gasteiger partial charge in [-0.15, -0.1) is 0 Å². The number of rotatable bonds is 6. The lowest BCUT2D eigenvalue weighted by atomic mass is 9.89. The van der Waals surface area contributed by atoms with Crippen LogP contribution in [0.1, 0.15) is 64.4 Å². The zero-order chi connectivity index (χ0) is 19.6. The number of quaternary nitrogens is 1. The van der Waals surface area contributed by atoms with Gasteiger partial charge < -0.3 is 9.88 Å². The number of benzene rings is 1. The quantitative estimate of drug-likeness (QED) is 0.772. The number of aryl methyl sites for hydroxylation is 1. The second-order valence-electron chi connectivity index (χ2n) is 8.06. The second kappa shape index (κ2) is 8.22. The highest BCUT2D eigenvalue weighted by molar-refractivity contribution is 6.04. The van der Waals surface area contributed by atoms with Crippen LogP contribution in [0.5, 0.6) is 0 Å². The normalized spacial score (nSPS) is 21.0. The smallest absolute Gasteiger partial charge is 0.235 e. The number of nitrogens with one attached hydrogen (secondary N) is 2. The summed E-state index contributed by atoms with van der Waals surface area (Å²) >= 11 is 0. The van der Waals surface area contributed by atoms with Crippen LogP contribution in [0.2, 0.25) is 0 Å². The highest BCUT2D eigenvalue weighted by Gasteiger charge is 2.33. The number of Topliss-reactive ketones (excluding diaryl/α,β-unsaturated/α-hetero) is 2. The Balaban J connectivity index is 1.62. The van der Waals surface area contributed by atoms with E-state index in [2.05, 4.69) is 35.3 Å². The molecule has 1 saturated heterocycles. The van der Waals surface area contributed by atoms with Crippen LogP contribution < -0.4 is 4.90 Å². The van der Waals surface area contributed by atoms with Crippen molar-refractivity contribution in [1.82, 2.24) is 4.98 Å². The molecule has 1 aliphatic rings. The lowest BCUT2D eigenvalue weighted by Crippen LogP contribution is -3.17. The van der Waals surface area contributed by atoms with Crippen molar-refractivity contribution in [3.63, 3.8) is 0 Å². The SMILES string of the molecule is CC(=O)c1c(C)[nH]c(C(=O)[C@H](C)[NH+]2CCC(Cc3ccccc3)CC2)c1C. The Labute approximate surface area is 162 Å². The average molecular weight is 368 g/mol. The van der Waals surface area contributed by atoms with Crippen LogP contribution >= 0.6 is 0 Å². The first-order chi connectivity index (χ1) is 12.9. The fourth-order valence-electron chi connectivity index (χ4n) is 4.56. The summed E-state index contributed by atoms with van der Waals surface area (Å²) in [6.45, 7) is 9.39. The van der Waals surface area contributed by atoms with Crippen LogP contribution in [0.25, 0.3) is 0 Å². The topological polar surface area (TPSA) is 54.4 Å². The zero-order valence-corrected chi connectivity index (χ0v) is 16.9. The number of hydrogen-bond donors (Lipinski definition) is 2. The minimum absolute atomic E-state index is 0.0158. The molecule has 0 amide bonds. The fraction of sp³-hybridized carbons (Fsp3) is 0.478. The predicted molar refractivity (Wildman–Crippen MR) is 108 cm³/mol. The van der Waals surface area contributed by atoms with Gasteiger partial charge in [-0.25, -0.2) is 0 Å². The molecule has 0 bridgehead atoms. The van der Waals surface area contributed by atoms with Crippen molar-refractivity contribution in [2.24, 2.45) is 5.92 Å². The average Bonchev–Trinajstić information content (AvgIpc) is 2.96. The summed E-state index contributed by atoms with van der Waals surface area (Å²) in [4.78, 5) is 29.4. The number of hydrogen-bond acceptors (Lipinski definition) is 2. The maximum atomic E-state index is 13.1. The predicted octanol–water partition coefficient (Wildman–Crippen LogP) is 2.94. The fourth-order valence-corrected chi connectivity index (χ4v) is 4.56. The Morgan fingerprint density at radius 3 is 2.33 bits per heavy atom. The molecular formula is C23H31N2O2+. The Bertz CT molecular complexity index is 814. The van der Waals surface area contributed by atoms with E-state index < -0.39 is 0 Å². The van der Waals surface area contributed by atoms with Crippen molar-refractivity contribution >= 4 is 11.6 Å². The van der Waals surface area contributed by atoms with Crippen molar-refractivity contribution in [3.05, 3.63) is 58.4 Å². The maximum Gasteiger partial charge on any atom is 0.235 e. The summed E-state index contributed by atoms with van der Waals surface area (Å²) in [5.41, 5.74) is 4.29. The molecule has 27 heavy (non-hydrogen) atoms. The Kier molecular flexibility index (Phi) is 5.95. The largest absolute Gasteiger partial charge is 0.355 e. The van der Waals surface area contributed by atoms with Crippen molar-refractivity contribution in [3.8, 4) is 0 Å². The third kappa shape index (κ3) is 4.22. The number of piperidine rings is 1. The third-order valence-corrected chi connectivity index (χ3v) is 6.16. The molecule has 0 saturated carbocycles. The van der Waals surface area contributed by atoms with Gasteiger partial charge in [-0.05, 0) is 64.0 Å². The van der Waals surface area contributed by atoms with Crippen LogP contribution in [0.15, 0.2) is 30.3 Å². The van der Waals surface area contributed by atoms with Crippen molar-refractivity contribution < 1.29 is 14.5 Å². The Hall–Kier alpha value is -2.20. The number of likely N-dealkylation sites (tertiary alicyclic amines) is 1. The minimum Gasteiger partial charge on any atom is -0.355 e. The molecule has 2 heterocycles. The van der Waals surface area contributed by atoms with Crippen LogP contribution in [-0.4, -0.2) is 35.7 Å². The number of aromatic nitrogens is 1. The van der Waals surface area contributed by atoms with E-state index in [9.17, 15) is 9.59 Å². The molecule has 0 unspecified atom stereocenters. The van der Waals surface area contributed by atoms with Gasteiger partial charge in [0.15, 0.2) is 5.78 Å². The molecule has 0 spiro atoms. The van der Waals surface area contributed by atoms with E-state index in [0.717, 1.165) is 43.6 Å². The number of H-pyrrole nitrogens is 1. The highest BCUT2D eigenvalue weighted by Crippen LogP contribution is 2.20. The number of carbonyl (C=O) groups is 2. The standard InChI is InChI=1S/C23H30N2O2/c1-15-21(18(4)26)16(2)24-22(15)23(27)17(3)25-12-10-20(11-13-25)14-19-8-6-5-7-9-19/h5-9,17,20,24H,10-14H2,1-4H3/p+1/t17-/m0/s1. The molecule has 0 aliphatic carbocycles. The number of carbonyl (C=O) groups excluding carboxylic acids is 2. The summed E-state index contributed by atoms with van der Waals surface area (Å²) in [7, 11) is 0. The van der Waals surface area contributed by atoms with E-state index in [0.29, 0.717) is 17.2 Å². The van der Waals surface area contributed by atoms with E-state index in [1.807, 2.05) is 20.8 Å². The Morgan fingerprint density at radius 1 is 1.15 bits per heavy atom. The van der Waals surface area contributed by atoms with Gasteiger partial charge in [0, 0.05) is 11.3 Å². The van der Waals surface area contributed by atoms with Gasteiger partial charge >= 0.3 is 0 Å². The summed E-state index contributed by atoms with van der Waals surface area (Å²) in [6.07, 6.45) is 3.44. The lowest BCUT2D eigenvalue weighted by Gasteiger charge is -2.32. The van der Waals surface area contributed by atoms with E-state index in [1.54, 1.807) is 6.92 Å². The molecule has 1 aromatic heterocycles. The van der Waals surface area contributed by atoms with Gasteiger partial charge in [0.25, 0.3) is 0 Å². The van der Waals surface area contributed by atoms with E-state index in [-0.39, 0.29) is 17.6 Å². The zero-order valence-electron chi connectivity index (χ0n) is 16.9. The van der Waals surface area contributed by atoms with Crippen molar-refractivity contribution in [2.75, 3.05) is 13.1 Å². The monoisotopic (exact) mass is 367 g/mol. The van der Waals surface area contributed by atoms with E-state index in [4.69, 9.17) is 0 Å². The highest BCUT2D eigenvalue weighted by atomic mass is 16.1. The van der Waals surface area contributed by atoms with Gasteiger partial charge in [0.2, 0.25) is 5.78 Å². The molecular weight excluding hydrogens is 336 g/mol. The van der Waals surface area contributed by atoms with Gasteiger partial charge in [-0.2, -0.15) is 0 Å². The molecule has 2 aromatic rings. The molecule has 3 rings (SSSR count). The molecule has 4 nitrogen and oxygen atoms in total. The molecule has 2 N–H and O–H groups in total. The van der Waals surface area contributed by atoms with Crippen molar-refractivity contribution in [1.29, 1.82) is 0 Å². The first-order valence-corrected chi connectivity index (χ1v) is 10.0. The number of aromatic amines is 1. The van der Waals surface area contributed by atoms with E-state index >= 15 is 0 Å². The Morgan fingerprint density at radius 2 is 1.78 bits per heavy atom. The van der Waals surface area contributed by atoms with Gasteiger partial charge in [0.1, 0.15) is 6.04 Å². The first-order valence-electron chi connectivity index (χ1n) is 10.0. The third-order valence-electron chi connectivity index (χ3n) is 6.16. The second-order valence-corrected chi connectivity index (χ2v) is 8.06. The molecule has 0 radical (unpaired) electrons. The molecule has 1 atom stereocenters. The summed E-state index contributed by atoms with van der Waals surface area (Å²) < 4.78 is 0. The van der Waals surface area contributed by atoms with Crippen LogP contribution in [-0.2, 0) is 6.42 Å². The van der Waals surface area contributed by atoms with Crippen LogP contribution in [0.4, 0.5) is 0 Å². The van der Waals surface area contributed by atoms with Gasteiger partial charge in [-0.1, -0.05) is 30.3 Å². The maximum absolute atomic E-state index is 13.1. The van der Waals surface area contributed by atoms with Crippen LogP contribution in [0.3, 0.4) is 0 Å². The molecule has 1 fully saturated rings. The summed E-state index contributed by atoms with van der Waals surface area (Å²) in [5.74, 6) is 0.846. The lowest BCUT2D eigenvalue weighted by molar-refractivity contribution is -0.919.